The number of hydrogen-bond donors (Lipinski definition) is 1. The van der Waals surface area contributed by atoms with Gasteiger partial charge in [0.1, 0.15) is 5.75 Å². The van der Waals surface area contributed by atoms with Crippen molar-refractivity contribution in [2.75, 3.05) is 7.18 Å². The lowest BCUT2D eigenvalue weighted by Crippen LogP contribution is -2.41. The van der Waals surface area contributed by atoms with E-state index >= 15 is 0 Å². The molecule has 1 heterocycles. The van der Waals surface area contributed by atoms with Gasteiger partial charge in [0.25, 0.3) is 5.92 Å². The van der Waals surface area contributed by atoms with Crippen LogP contribution in [0.5, 0.6) is 5.75 Å². The van der Waals surface area contributed by atoms with Crippen LogP contribution in [-0.4, -0.2) is 30.3 Å². The molecule has 1 aromatic rings. The summed E-state index contributed by atoms with van der Waals surface area (Å²) in [6.07, 6.45) is 0.00517. The van der Waals surface area contributed by atoms with Crippen LogP contribution in [0.25, 0.3) is 6.08 Å². The molecule has 1 unspecified atom stereocenters. The number of ether oxygens (including phenoxy) is 1. The first-order chi connectivity index (χ1) is 10.2. The Balaban J connectivity index is 0.00000116. The molecule has 2 rings (SSSR count). The molecule has 3 nitrogen and oxygen atoms in total. The summed E-state index contributed by atoms with van der Waals surface area (Å²) in [4.78, 5) is 11.1. The lowest BCUT2D eigenvalue weighted by molar-refractivity contribution is -0.137. The van der Waals surface area contributed by atoms with Crippen LogP contribution in [0, 0.1) is 0 Å². The molecule has 0 aromatic heterocycles. The highest BCUT2D eigenvalue weighted by Gasteiger charge is 2.44. The van der Waals surface area contributed by atoms with Gasteiger partial charge in [0.15, 0.2) is 6.10 Å². The van der Waals surface area contributed by atoms with Crippen molar-refractivity contribution in [2.24, 2.45) is 0 Å². The number of carboxylic acids is 1. The van der Waals surface area contributed by atoms with Gasteiger partial charge in [-0.2, -0.15) is 0 Å². The molecule has 1 aliphatic heterocycles. The molecule has 1 atom stereocenters. The lowest BCUT2D eigenvalue weighted by atomic mass is 9.97. The Morgan fingerprint density at radius 2 is 2.00 bits per heavy atom. The van der Waals surface area contributed by atoms with Crippen LogP contribution in [0.3, 0.4) is 0 Å². The number of aliphatic carboxylic acids is 1. The van der Waals surface area contributed by atoms with E-state index in [2.05, 4.69) is 0 Å². The Bertz CT molecular complexity index is 594. The largest absolute Gasteiger partial charge is 0.478 e. The zero-order chi connectivity index (χ0) is 17.1. The van der Waals surface area contributed by atoms with E-state index in [0.29, 0.717) is 31.1 Å². The van der Waals surface area contributed by atoms with Crippen molar-refractivity contribution < 1.29 is 27.8 Å². The van der Waals surface area contributed by atoms with Gasteiger partial charge in [-0.25, -0.2) is 13.6 Å². The van der Waals surface area contributed by atoms with E-state index in [9.17, 15) is 18.0 Å². The number of fused-ring (bicyclic) bond motifs is 1. The maximum Gasteiger partial charge on any atom is 0.335 e. The van der Waals surface area contributed by atoms with Crippen molar-refractivity contribution in [3.63, 3.8) is 0 Å². The molecule has 0 bridgehead atoms. The molecule has 0 saturated carbocycles. The third kappa shape index (κ3) is 3.74. The molecule has 1 aromatic carbocycles. The third-order valence-electron chi connectivity index (χ3n) is 3.11. The van der Waals surface area contributed by atoms with E-state index in [4.69, 9.17) is 21.4 Å². The zero-order valence-electron chi connectivity index (χ0n) is 12.3. The van der Waals surface area contributed by atoms with Crippen molar-refractivity contribution in [2.45, 2.75) is 32.3 Å². The normalized spacial score (nSPS) is 16.7. The van der Waals surface area contributed by atoms with Gasteiger partial charge in [-0.15, -0.1) is 0 Å². The minimum atomic E-state index is -3.30. The molecule has 0 radical (unpaired) electrons. The summed E-state index contributed by atoms with van der Waals surface area (Å²) in [6.45, 7) is 2.51. The van der Waals surface area contributed by atoms with Crippen LogP contribution in [0.4, 0.5) is 13.2 Å². The fourth-order valence-corrected chi connectivity index (χ4v) is 2.39. The Morgan fingerprint density at radius 3 is 2.45 bits per heavy atom. The minimum absolute atomic E-state index is 0.225. The second-order valence-corrected chi connectivity index (χ2v) is 5.10. The van der Waals surface area contributed by atoms with E-state index in [0.717, 1.165) is 5.56 Å². The molecule has 0 fully saturated rings. The van der Waals surface area contributed by atoms with Gasteiger partial charge >= 0.3 is 5.97 Å². The Kier molecular flexibility index (Phi) is 5.88. The standard InChI is InChI=1S/C14H13ClF2O3.CH3F/c1-3-7-6-11-8(5-10(7)15)4-9(13(18)19)12(20-11)14(2,16)17;1-2/h4-6,12H,3H2,1-2H3,(H,18,19);1H3. The smallest absolute Gasteiger partial charge is 0.335 e. The number of alkyl halides is 3. The van der Waals surface area contributed by atoms with Crippen LogP contribution in [0.2, 0.25) is 5.02 Å². The molecule has 0 saturated heterocycles. The van der Waals surface area contributed by atoms with Gasteiger partial charge in [0.05, 0.1) is 12.8 Å². The number of carbonyl (C=O) groups is 1. The first kappa shape index (κ1) is 18.4. The SMILES string of the molecule is CCc1cc2c(cc1Cl)C=C(C(=O)O)C(C(C)(F)F)O2.CF. The van der Waals surface area contributed by atoms with Crippen LogP contribution in [0.15, 0.2) is 17.7 Å². The summed E-state index contributed by atoms with van der Waals surface area (Å²) in [5.41, 5.74) is 0.672. The summed E-state index contributed by atoms with van der Waals surface area (Å²) in [5.74, 6) is -4.51. The lowest BCUT2D eigenvalue weighted by Gasteiger charge is -2.29. The fourth-order valence-electron chi connectivity index (χ4n) is 2.08. The van der Waals surface area contributed by atoms with Crippen molar-refractivity contribution >= 4 is 23.6 Å². The van der Waals surface area contributed by atoms with Crippen LogP contribution < -0.4 is 4.74 Å². The van der Waals surface area contributed by atoms with E-state index in [1.807, 2.05) is 6.92 Å². The Hall–Kier alpha value is -1.69. The van der Waals surface area contributed by atoms with Crippen LogP contribution in [-0.2, 0) is 11.2 Å². The molecule has 0 aliphatic carbocycles. The van der Waals surface area contributed by atoms with Gasteiger partial charge in [-0.1, -0.05) is 18.5 Å². The maximum atomic E-state index is 13.5. The molecular formula is C15H16ClF3O3. The van der Waals surface area contributed by atoms with Crippen molar-refractivity contribution in [3.8, 4) is 5.75 Å². The van der Waals surface area contributed by atoms with E-state index in [-0.39, 0.29) is 5.75 Å². The van der Waals surface area contributed by atoms with Gasteiger partial charge in [0, 0.05) is 17.5 Å². The molecule has 1 N–H and O–H groups in total. The number of carboxylic acid groups (broad SMARTS) is 1. The Morgan fingerprint density at radius 1 is 1.41 bits per heavy atom. The highest BCUT2D eigenvalue weighted by atomic mass is 35.5. The van der Waals surface area contributed by atoms with Gasteiger partial charge < -0.3 is 9.84 Å². The highest BCUT2D eigenvalue weighted by molar-refractivity contribution is 6.31. The van der Waals surface area contributed by atoms with E-state index in [1.165, 1.54) is 12.1 Å². The quantitative estimate of drug-likeness (QED) is 0.891. The average molecular weight is 337 g/mol. The summed E-state index contributed by atoms with van der Waals surface area (Å²) in [7, 11) is 0.500. The Labute approximate surface area is 131 Å². The third-order valence-corrected chi connectivity index (χ3v) is 3.46. The summed E-state index contributed by atoms with van der Waals surface area (Å²) < 4.78 is 41.7. The first-order valence-corrected chi connectivity index (χ1v) is 6.81. The number of aryl methyl sites for hydroxylation is 1. The van der Waals surface area contributed by atoms with Crippen LogP contribution in [0.1, 0.15) is 25.0 Å². The molecule has 0 amide bonds. The van der Waals surface area contributed by atoms with E-state index in [1.54, 1.807) is 6.07 Å². The number of rotatable bonds is 3. The number of hydrogen-bond acceptors (Lipinski definition) is 2. The number of benzene rings is 1. The predicted molar refractivity (Wildman–Crippen MR) is 78.5 cm³/mol. The first-order valence-electron chi connectivity index (χ1n) is 6.43. The monoisotopic (exact) mass is 336 g/mol. The summed E-state index contributed by atoms with van der Waals surface area (Å²) in [6, 6.07) is 3.11. The summed E-state index contributed by atoms with van der Waals surface area (Å²) in [5, 5.41) is 9.51. The highest BCUT2D eigenvalue weighted by Crippen LogP contribution is 2.38. The van der Waals surface area contributed by atoms with E-state index < -0.39 is 23.6 Å². The molecule has 1 aliphatic rings. The molecule has 7 heteroatoms. The van der Waals surface area contributed by atoms with Gasteiger partial charge in [0.2, 0.25) is 0 Å². The van der Waals surface area contributed by atoms with Crippen LogP contribution >= 0.6 is 11.6 Å². The fraction of sp³-hybridized carbons (Fsp3) is 0.400. The van der Waals surface area contributed by atoms with Gasteiger partial charge in [-0.05, 0) is 30.2 Å². The van der Waals surface area contributed by atoms with Gasteiger partial charge in [-0.3, -0.25) is 4.39 Å². The predicted octanol–water partition coefficient (Wildman–Crippen LogP) is 4.37. The molecule has 22 heavy (non-hydrogen) atoms. The molecule has 122 valence electrons. The topological polar surface area (TPSA) is 46.5 Å². The molecule has 0 spiro atoms. The summed E-state index contributed by atoms with van der Waals surface area (Å²) >= 11 is 6.03. The number of halogens is 4. The average Bonchev–Trinajstić information content (AvgIpc) is 2.46. The molecular weight excluding hydrogens is 321 g/mol. The second kappa shape index (κ2) is 7.05. The minimum Gasteiger partial charge on any atom is -0.478 e. The van der Waals surface area contributed by atoms with Crippen molar-refractivity contribution in [3.05, 3.63) is 33.9 Å². The van der Waals surface area contributed by atoms with Crippen molar-refractivity contribution in [1.29, 1.82) is 0 Å². The van der Waals surface area contributed by atoms with Crippen molar-refractivity contribution in [1.82, 2.24) is 0 Å². The second-order valence-electron chi connectivity index (χ2n) is 4.69. The maximum absolute atomic E-state index is 13.5. The zero-order valence-corrected chi connectivity index (χ0v) is 13.0.